The standard InChI is InChI=1S/C14H20FNO3/c1-9(2)16-14(18)6-7-19-11-4-5-12(10(3)17)13(15)8-11/h4-5,8-10,17H,6-7H2,1-3H3,(H,16,18). The highest BCUT2D eigenvalue weighted by molar-refractivity contribution is 5.76. The van der Waals surface area contributed by atoms with Crippen molar-refractivity contribution in [3.05, 3.63) is 29.6 Å². The summed E-state index contributed by atoms with van der Waals surface area (Å²) in [5.41, 5.74) is 0.227. The Bertz CT molecular complexity index is 433. The number of halogens is 1. The van der Waals surface area contributed by atoms with Crippen molar-refractivity contribution < 1.29 is 19.0 Å². The van der Waals surface area contributed by atoms with Gasteiger partial charge in [0.15, 0.2) is 0 Å². The van der Waals surface area contributed by atoms with Gasteiger partial charge in [-0.25, -0.2) is 4.39 Å². The maximum Gasteiger partial charge on any atom is 0.223 e. The molecule has 5 heteroatoms. The first-order valence-corrected chi connectivity index (χ1v) is 6.30. The minimum atomic E-state index is -0.856. The van der Waals surface area contributed by atoms with Crippen molar-refractivity contribution in [2.75, 3.05) is 6.61 Å². The molecule has 19 heavy (non-hydrogen) atoms. The van der Waals surface area contributed by atoms with Crippen LogP contribution in [-0.4, -0.2) is 23.7 Å². The lowest BCUT2D eigenvalue weighted by atomic mass is 10.1. The number of aliphatic hydroxyl groups excluding tert-OH is 1. The van der Waals surface area contributed by atoms with E-state index in [0.29, 0.717) is 5.75 Å². The molecule has 0 heterocycles. The van der Waals surface area contributed by atoms with Gasteiger partial charge in [-0.05, 0) is 32.9 Å². The van der Waals surface area contributed by atoms with Crippen molar-refractivity contribution in [1.82, 2.24) is 5.32 Å². The van der Waals surface area contributed by atoms with Crippen molar-refractivity contribution in [3.63, 3.8) is 0 Å². The molecule has 0 bridgehead atoms. The Hall–Kier alpha value is -1.62. The number of amides is 1. The van der Waals surface area contributed by atoms with Gasteiger partial charge in [-0.2, -0.15) is 0 Å². The van der Waals surface area contributed by atoms with Gasteiger partial charge in [-0.15, -0.1) is 0 Å². The Labute approximate surface area is 112 Å². The predicted molar refractivity (Wildman–Crippen MR) is 70.4 cm³/mol. The van der Waals surface area contributed by atoms with E-state index in [1.165, 1.54) is 19.1 Å². The molecule has 1 amide bonds. The number of benzene rings is 1. The molecule has 0 aliphatic carbocycles. The lowest BCUT2D eigenvalue weighted by Crippen LogP contribution is -2.31. The molecule has 1 aromatic carbocycles. The molecule has 0 saturated carbocycles. The lowest BCUT2D eigenvalue weighted by molar-refractivity contribution is -0.122. The van der Waals surface area contributed by atoms with Gasteiger partial charge in [-0.3, -0.25) is 4.79 Å². The third kappa shape index (κ3) is 5.26. The molecule has 0 aromatic heterocycles. The average molecular weight is 269 g/mol. The zero-order chi connectivity index (χ0) is 14.4. The largest absolute Gasteiger partial charge is 0.493 e. The summed E-state index contributed by atoms with van der Waals surface area (Å²) in [6, 6.07) is 4.35. The highest BCUT2D eigenvalue weighted by Crippen LogP contribution is 2.21. The van der Waals surface area contributed by atoms with E-state index in [1.807, 2.05) is 13.8 Å². The fourth-order valence-corrected chi connectivity index (χ4v) is 1.59. The second-order valence-electron chi connectivity index (χ2n) is 4.68. The molecular formula is C14H20FNO3. The molecule has 4 nitrogen and oxygen atoms in total. The van der Waals surface area contributed by atoms with Gasteiger partial charge < -0.3 is 15.2 Å². The Morgan fingerprint density at radius 1 is 1.42 bits per heavy atom. The quantitative estimate of drug-likeness (QED) is 0.832. The Morgan fingerprint density at radius 2 is 2.11 bits per heavy atom. The molecule has 106 valence electrons. The van der Waals surface area contributed by atoms with Crippen LogP contribution in [0.3, 0.4) is 0 Å². The molecular weight excluding hydrogens is 249 g/mol. The molecule has 0 aliphatic heterocycles. The number of ether oxygens (including phenoxy) is 1. The first-order valence-electron chi connectivity index (χ1n) is 6.30. The summed E-state index contributed by atoms with van der Waals surface area (Å²) < 4.78 is 18.8. The molecule has 1 atom stereocenters. The third-order valence-electron chi connectivity index (χ3n) is 2.47. The fourth-order valence-electron chi connectivity index (χ4n) is 1.59. The maximum atomic E-state index is 13.5. The minimum Gasteiger partial charge on any atom is -0.493 e. The molecule has 1 unspecified atom stereocenters. The van der Waals surface area contributed by atoms with Crippen LogP contribution in [0.5, 0.6) is 5.75 Å². The molecule has 1 rings (SSSR count). The van der Waals surface area contributed by atoms with Gasteiger partial charge in [0.2, 0.25) is 5.91 Å². The number of hydrogen-bond donors (Lipinski definition) is 2. The zero-order valence-electron chi connectivity index (χ0n) is 11.4. The van der Waals surface area contributed by atoms with Crippen molar-refractivity contribution in [1.29, 1.82) is 0 Å². The van der Waals surface area contributed by atoms with Crippen LogP contribution in [0, 0.1) is 5.82 Å². The molecule has 0 spiro atoms. The normalized spacial score (nSPS) is 12.3. The topological polar surface area (TPSA) is 58.6 Å². The third-order valence-corrected chi connectivity index (χ3v) is 2.47. The van der Waals surface area contributed by atoms with Gasteiger partial charge in [0, 0.05) is 17.7 Å². The van der Waals surface area contributed by atoms with Gasteiger partial charge >= 0.3 is 0 Å². The predicted octanol–water partition coefficient (Wildman–Crippen LogP) is 2.17. The fraction of sp³-hybridized carbons (Fsp3) is 0.500. The highest BCUT2D eigenvalue weighted by atomic mass is 19.1. The molecule has 0 fully saturated rings. The van der Waals surface area contributed by atoms with Crippen LogP contribution >= 0.6 is 0 Å². The number of carbonyl (C=O) groups is 1. The summed E-state index contributed by atoms with van der Waals surface area (Å²) in [7, 11) is 0. The van der Waals surface area contributed by atoms with E-state index >= 15 is 0 Å². The van der Waals surface area contributed by atoms with Crippen molar-refractivity contribution >= 4 is 5.91 Å². The van der Waals surface area contributed by atoms with Crippen molar-refractivity contribution in [3.8, 4) is 5.75 Å². The average Bonchev–Trinajstić information content (AvgIpc) is 2.27. The van der Waals surface area contributed by atoms with Gasteiger partial charge in [-0.1, -0.05) is 0 Å². The summed E-state index contributed by atoms with van der Waals surface area (Å²) in [4.78, 5) is 11.4. The van der Waals surface area contributed by atoms with E-state index < -0.39 is 11.9 Å². The van der Waals surface area contributed by atoms with Gasteiger partial charge in [0.25, 0.3) is 0 Å². The smallest absolute Gasteiger partial charge is 0.223 e. The van der Waals surface area contributed by atoms with Crippen LogP contribution in [0.15, 0.2) is 18.2 Å². The molecule has 0 aliphatic rings. The van der Waals surface area contributed by atoms with Crippen LogP contribution in [0.4, 0.5) is 4.39 Å². The summed E-state index contributed by atoms with van der Waals surface area (Å²) in [6.07, 6.45) is -0.635. The summed E-state index contributed by atoms with van der Waals surface area (Å²) in [5.74, 6) is -0.269. The number of nitrogens with one attached hydrogen (secondary N) is 1. The van der Waals surface area contributed by atoms with Crippen molar-refractivity contribution in [2.24, 2.45) is 0 Å². The van der Waals surface area contributed by atoms with E-state index in [0.717, 1.165) is 0 Å². The second kappa shape index (κ2) is 7.09. The molecule has 1 aromatic rings. The number of aliphatic hydroxyl groups is 1. The van der Waals surface area contributed by atoms with Crippen LogP contribution in [0.1, 0.15) is 38.9 Å². The van der Waals surface area contributed by atoms with Crippen LogP contribution < -0.4 is 10.1 Å². The molecule has 2 N–H and O–H groups in total. The molecule has 0 saturated heterocycles. The van der Waals surface area contributed by atoms with E-state index in [9.17, 15) is 14.3 Å². The SMILES string of the molecule is CC(C)NC(=O)CCOc1ccc(C(C)O)c(F)c1. The minimum absolute atomic E-state index is 0.0928. The van der Waals surface area contributed by atoms with E-state index in [-0.39, 0.29) is 30.5 Å². The Balaban J connectivity index is 2.46. The first kappa shape index (κ1) is 15.4. The second-order valence-corrected chi connectivity index (χ2v) is 4.68. The van der Waals surface area contributed by atoms with Gasteiger partial charge in [0.05, 0.1) is 19.1 Å². The monoisotopic (exact) mass is 269 g/mol. The van der Waals surface area contributed by atoms with Crippen molar-refractivity contribution in [2.45, 2.75) is 39.3 Å². The van der Waals surface area contributed by atoms with Crippen LogP contribution in [-0.2, 0) is 4.79 Å². The number of hydrogen-bond acceptors (Lipinski definition) is 3. The first-order chi connectivity index (χ1) is 8.90. The molecule has 0 radical (unpaired) electrons. The number of rotatable bonds is 6. The summed E-state index contributed by atoms with van der Waals surface area (Å²) >= 11 is 0. The van der Waals surface area contributed by atoms with E-state index in [4.69, 9.17) is 4.74 Å². The van der Waals surface area contributed by atoms with E-state index in [2.05, 4.69) is 5.32 Å². The Kier molecular flexibility index (Phi) is 5.76. The number of carbonyl (C=O) groups excluding carboxylic acids is 1. The van der Waals surface area contributed by atoms with Crippen LogP contribution in [0.2, 0.25) is 0 Å². The van der Waals surface area contributed by atoms with Crippen LogP contribution in [0.25, 0.3) is 0 Å². The lowest BCUT2D eigenvalue weighted by Gasteiger charge is -2.11. The Morgan fingerprint density at radius 3 is 2.63 bits per heavy atom. The summed E-state index contributed by atoms with van der Waals surface area (Å²) in [5, 5.41) is 12.0. The summed E-state index contributed by atoms with van der Waals surface area (Å²) in [6.45, 7) is 5.44. The van der Waals surface area contributed by atoms with E-state index in [1.54, 1.807) is 6.07 Å². The van der Waals surface area contributed by atoms with Gasteiger partial charge in [0.1, 0.15) is 11.6 Å². The maximum absolute atomic E-state index is 13.5. The highest BCUT2D eigenvalue weighted by Gasteiger charge is 2.09. The zero-order valence-corrected chi connectivity index (χ0v) is 11.4.